The number of carbonyl (C=O) groups excluding carboxylic acids is 2. The molecule has 1 N–H and O–H groups in total. The summed E-state index contributed by atoms with van der Waals surface area (Å²) in [5.74, 6) is -2.38. The van der Waals surface area contributed by atoms with Crippen LogP contribution in [0, 0.1) is 10.1 Å². The Bertz CT molecular complexity index is 1030. The standard InChI is InChI=1S/C21H19NO10/c1-29-18-13-14(8-10-17(18)32-19(23)7-4-12-30-22(27)28)9-11-20(24)31-16-6-3-2-5-15(16)21(25)26/h2-3,5-6,8-11,13H,4,7,12H2,1H3,(H,25,26). The van der Waals surface area contributed by atoms with Crippen molar-refractivity contribution in [1.29, 1.82) is 0 Å². The highest BCUT2D eigenvalue weighted by Gasteiger charge is 2.13. The molecule has 0 unspecified atom stereocenters. The molecule has 2 aromatic carbocycles. The number of carboxylic acids is 1. The Balaban J connectivity index is 1.99. The van der Waals surface area contributed by atoms with Crippen LogP contribution in [-0.4, -0.2) is 41.8 Å². The van der Waals surface area contributed by atoms with Crippen LogP contribution >= 0.6 is 0 Å². The summed E-state index contributed by atoms with van der Waals surface area (Å²) in [6.07, 6.45) is 2.53. The van der Waals surface area contributed by atoms with Crippen molar-refractivity contribution in [3.8, 4) is 17.2 Å². The molecule has 0 heterocycles. The first-order valence-corrected chi connectivity index (χ1v) is 9.18. The van der Waals surface area contributed by atoms with E-state index < -0.39 is 23.0 Å². The van der Waals surface area contributed by atoms with Gasteiger partial charge in [-0.1, -0.05) is 18.2 Å². The van der Waals surface area contributed by atoms with Crippen LogP contribution < -0.4 is 14.2 Å². The second-order valence-electron chi connectivity index (χ2n) is 6.10. The van der Waals surface area contributed by atoms with Gasteiger partial charge in [0.05, 0.1) is 13.7 Å². The molecule has 0 amide bonds. The Kier molecular flexibility index (Phi) is 8.72. The first-order chi connectivity index (χ1) is 15.3. The topological polar surface area (TPSA) is 152 Å². The highest BCUT2D eigenvalue weighted by Crippen LogP contribution is 2.29. The molecular formula is C21H19NO10. The van der Waals surface area contributed by atoms with E-state index in [4.69, 9.17) is 19.3 Å². The lowest BCUT2D eigenvalue weighted by atomic mass is 10.2. The second-order valence-corrected chi connectivity index (χ2v) is 6.10. The lowest BCUT2D eigenvalue weighted by Gasteiger charge is -2.10. The normalized spacial score (nSPS) is 10.4. The summed E-state index contributed by atoms with van der Waals surface area (Å²) in [6.45, 7) is -0.226. The van der Waals surface area contributed by atoms with Gasteiger partial charge in [0.25, 0.3) is 5.09 Å². The maximum absolute atomic E-state index is 12.0. The molecule has 0 aliphatic heterocycles. The average Bonchev–Trinajstić information content (AvgIpc) is 2.76. The molecule has 0 aliphatic rings. The van der Waals surface area contributed by atoms with E-state index >= 15 is 0 Å². The van der Waals surface area contributed by atoms with E-state index in [1.807, 2.05) is 0 Å². The number of esters is 2. The average molecular weight is 445 g/mol. The van der Waals surface area contributed by atoms with Gasteiger partial charge in [-0.05, 0) is 42.3 Å². The maximum atomic E-state index is 12.0. The molecule has 0 aliphatic carbocycles. The summed E-state index contributed by atoms with van der Waals surface area (Å²) < 4.78 is 15.4. The summed E-state index contributed by atoms with van der Waals surface area (Å²) in [6, 6.07) is 10.2. The van der Waals surface area contributed by atoms with Crippen molar-refractivity contribution in [3.63, 3.8) is 0 Å². The van der Waals surface area contributed by atoms with Crippen LogP contribution in [0.2, 0.25) is 0 Å². The van der Waals surface area contributed by atoms with Crippen molar-refractivity contribution >= 4 is 24.0 Å². The molecule has 11 nitrogen and oxygen atoms in total. The van der Waals surface area contributed by atoms with Crippen LogP contribution in [0.4, 0.5) is 0 Å². The minimum Gasteiger partial charge on any atom is -0.493 e. The van der Waals surface area contributed by atoms with E-state index in [-0.39, 0.29) is 42.3 Å². The van der Waals surface area contributed by atoms with Gasteiger partial charge in [0.2, 0.25) is 0 Å². The Morgan fingerprint density at radius 2 is 1.81 bits per heavy atom. The SMILES string of the molecule is COc1cc(C=CC(=O)Oc2ccccc2C(=O)O)ccc1OC(=O)CCCO[N+](=O)[O-]. The predicted octanol–water partition coefficient (Wildman–Crippen LogP) is 2.91. The molecular weight excluding hydrogens is 426 g/mol. The van der Waals surface area contributed by atoms with Crippen molar-refractivity contribution in [2.75, 3.05) is 13.7 Å². The van der Waals surface area contributed by atoms with Gasteiger partial charge in [0.1, 0.15) is 11.3 Å². The van der Waals surface area contributed by atoms with Gasteiger partial charge in [-0.3, -0.25) is 4.79 Å². The van der Waals surface area contributed by atoms with E-state index in [2.05, 4.69) is 4.84 Å². The van der Waals surface area contributed by atoms with Gasteiger partial charge in [-0.2, -0.15) is 0 Å². The molecule has 11 heteroatoms. The molecule has 168 valence electrons. The van der Waals surface area contributed by atoms with E-state index in [1.54, 1.807) is 12.1 Å². The molecule has 0 atom stereocenters. The van der Waals surface area contributed by atoms with Crippen molar-refractivity contribution in [1.82, 2.24) is 0 Å². The number of rotatable bonds is 11. The number of hydrogen-bond acceptors (Lipinski definition) is 9. The summed E-state index contributed by atoms with van der Waals surface area (Å²) in [4.78, 5) is 49.3. The summed E-state index contributed by atoms with van der Waals surface area (Å²) in [5.41, 5.74) is 0.372. The van der Waals surface area contributed by atoms with Crippen molar-refractivity contribution < 1.29 is 43.6 Å². The monoisotopic (exact) mass is 445 g/mol. The Hall–Kier alpha value is -4.41. The van der Waals surface area contributed by atoms with Gasteiger partial charge in [0.15, 0.2) is 11.5 Å². The Morgan fingerprint density at radius 3 is 2.50 bits per heavy atom. The lowest BCUT2D eigenvalue weighted by Crippen LogP contribution is -2.11. The molecule has 0 aromatic heterocycles. The number of carboxylic acid groups (broad SMARTS) is 1. The van der Waals surface area contributed by atoms with Gasteiger partial charge in [0, 0.05) is 12.5 Å². The van der Waals surface area contributed by atoms with E-state index in [9.17, 15) is 24.5 Å². The molecule has 0 bridgehead atoms. The summed E-state index contributed by atoms with van der Waals surface area (Å²) in [7, 11) is 1.36. The first-order valence-electron chi connectivity index (χ1n) is 9.18. The molecule has 0 fully saturated rings. The lowest BCUT2D eigenvalue weighted by molar-refractivity contribution is -0.757. The number of carbonyl (C=O) groups is 3. The molecule has 2 rings (SSSR count). The van der Waals surface area contributed by atoms with Crippen LogP contribution in [0.5, 0.6) is 17.2 Å². The Labute approximate surface area is 181 Å². The zero-order valence-corrected chi connectivity index (χ0v) is 16.9. The number of aromatic carboxylic acids is 1. The minimum atomic E-state index is -1.22. The number of hydrogen-bond donors (Lipinski definition) is 1. The fraction of sp³-hybridized carbons (Fsp3) is 0.190. The van der Waals surface area contributed by atoms with E-state index in [0.717, 1.165) is 6.08 Å². The van der Waals surface area contributed by atoms with Crippen LogP contribution in [0.25, 0.3) is 6.08 Å². The van der Waals surface area contributed by atoms with Crippen LogP contribution in [0.1, 0.15) is 28.8 Å². The van der Waals surface area contributed by atoms with Crippen LogP contribution in [0.3, 0.4) is 0 Å². The molecule has 0 spiro atoms. The highest BCUT2D eigenvalue weighted by molar-refractivity contribution is 5.94. The van der Waals surface area contributed by atoms with Gasteiger partial charge >= 0.3 is 17.9 Å². The highest BCUT2D eigenvalue weighted by atomic mass is 16.9. The molecule has 0 saturated carbocycles. The second kappa shape index (κ2) is 11.7. The number of methoxy groups -OCH3 is 1. The van der Waals surface area contributed by atoms with Gasteiger partial charge < -0.3 is 24.2 Å². The Morgan fingerprint density at radius 1 is 1.06 bits per heavy atom. The number of ether oxygens (including phenoxy) is 3. The quantitative estimate of drug-likeness (QED) is 0.136. The van der Waals surface area contributed by atoms with Crippen molar-refractivity contribution in [2.45, 2.75) is 12.8 Å². The van der Waals surface area contributed by atoms with Gasteiger partial charge in [-0.25, -0.2) is 9.59 Å². The summed E-state index contributed by atoms with van der Waals surface area (Å²) in [5, 5.41) is 18.3. The minimum absolute atomic E-state index is 0.0851. The first kappa shape index (κ1) is 23.9. The predicted molar refractivity (Wildman–Crippen MR) is 109 cm³/mol. The van der Waals surface area contributed by atoms with Crippen molar-refractivity contribution in [2.24, 2.45) is 0 Å². The fourth-order valence-corrected chi connectivity index (χ4v) is 2.44. The third-order valence-corrected chi connectivity index (χ3v) is 3.87. The molecule has 2 aromatic rings. The maximum Gasteiger partial charge on any atom is 0.339 e. The van der Waals surface area contributed by atoms with Crippen LogP contribution in [-0.2, 0) is 14.4 Å². The third kappa shape index (κ3) is 7.44. The van der Waals surface area contributed by atoms with Crippen molar-refractivity contribution in [3.05, 3.63) is 69.8 Å². The number of benzene rings is 2. The molecule has 32 heavy (non-hydrogen) atoms. The smallest absolute Gasteiger partial charge is 0.339 e. The molecule has 0 radical (unpaired) electrons. The zero-order valence-electron chi connectivity index (χ0n) is 16.9. The largest absolute Gasteiger partial charge is 0.493 e. The number of para-hydroxylation sites is 1. The number of nitrogens with zero attached hydrogens (tertiary/aromatic N) is 1. The van der Waals surface area contributed by atoms with Crippen LogP contribution in [0.15, 0.2) is 48.5 Å². The zero-order chi connectivity index (χ0) is 23.5. The third-order valence-electron chi connectivity index (χ3n) is 3.87. The molecule has 0 saturated heterocycles. The van der Waals surface area contributed by atoms with E-state index in [1.165, 1.54) is 43.5 Å². The summed E-state index contributed by atoms with van der Waals surface area (Å²) >= 11 is 0. The van der Waals surface area contributed by atoms with Gasteiger partial charge in [-0.15, -0.1) is 10.1 Å². The van der Waals surface area contributed by atoms with E-state index in [0.29, 0.717) is 5.56 Å². The fourth-order valence-electron chi connectivity index (χ4n) is 2.44.